The molecule has 5 rings (SSSR count). The Bertz CT molecular complexity index is 1550. The van der Waals surface area contributed by atoms with E-state index in [1.807, 2.05) is 49.4 Å². The van der Waals surface area contributed by atoms with Gasteiger partial charge in [0.2, 0.25) is 11.8 Å². The summed E-state index contributed by atoms with van der Waals surface area (Å²) in [7, 11) is 0. The van der Waals surface area contributed by atoms with Crippen LogP contribution in [-0.4, -0.2) is 38.9 Å². The van der Waals surface area contributed by atoms with E-state index in [9.17, 15) is 14.0 Å². The predicted octanol–water partition coefficient (Wildman–Crippen LogP) is 5.50. The second-order valence-electron chi connectivity index (χ2n) is 10.9. The number of carbonyl (C=O) groups is 2. The minimum atomic E-state index is -0.396. The van der Waals surface area contributed by atoms with Crippen LogP contribution < -0.4 is 10.2 Å². The van der Waals surface area contributed by atoms with Gasteiger partial charge in [0.1, 0.15) is 18.2 Å². The molecule has 4 aromatic rings. The standard InChI is InChI=1S/C31H32FN5O2S/c1-20-8-5-6-11-24(20)37-30-27(29(35-37)31(2,3)4)28(22-9-7-10-23(32)16-22)40-19-26(39)36(30)18-25(38)34-17-21-12-14-33-15-13-21/h5-16,28H,17-19H2,1-4H3,(H,34,38)/t28-/m0/s1. The number of fused-ring (bicyclic) bond motifs is 1. The van der Waals surface area contributed by atoms with E-state index in [1.54, 1.807) is 23.1 Å². The van der Waals surface area contributed by atoms with E-state index in [-0.39, 0.29) is 35.2 Å². The highest BCUT2D eigenvalue weighted by atomic mass is 32.2. The Morgan fingerprint density at radius 1 is 1.10 bits per heavy atom. The highest BCUT2D eigenvalue weighted by Gasteiger charge is 2.40. The maximum atomic E-state index is 14.4. The third-order valence-electron chi connectivity index (χ3n) is 6.84. The van der Waals surface area contributed by atoms with Crippen LogP contribution in [0.25, 0.3) is 5.69 Å². The molecule has 206 valence electrons. The first-order chi connectivity index (χ1) is 19.1. The number of para-hydroxylation sites is 1. The maximum absolute atomic E-state index is 14.4. The van der Waals surface area contributed by atoms with E-state index in [4.69, 9.17) is 5.10 Å². The first-order valence-corrected chi connectivity index (χ1v) is 14.2. The molecule has 1 aliphatic rings. The summed E-state index contributed by atoms with van der Waals surface area (Å²) >= 11 is 1.43. The topological polar surface area (TPSA) is 80.1 Å². The van der Waals surface area contributed by atoms with E-state index in [2.05, 4.69) is 31.1 Å². The molecule has 0 saturated carbocycles. The SMILES string of the molecule is Cc1ccccc1-n1nc(C(C)(C)C)c2c1N(CC(=O)NCc1ccncc1)C(=O)CS[C@H]2c1cccc(F)c1. The van der Waals surface area contributed by atoms with Crippen LogP contribution in [0.3, 0.4) is 0 Å². The zero-order valence-corrected chi connectivity index (χ0v) is 23.8. The largest absolute Gasteiger partial charge is 0.350 e. The van der Waals surface area contributed by atoms with Gasteiger partial charge in [0.25, 0.3) is 0 Å². The smallest absolute Gasteiger partial charge is 0.240 e. The number of amides is 2. The Labute approximate surface area is 237 Å². The van der Waals surface area contributed by atoms with Crippen LogP contribution >= 0.6 is 11.8 Å². The molecule has 1 aliphatic heterocycles. The van der Waals surface area contributed by atoms with Crippen molar-refractivity contribution in [3.8, 4) is 5.69 Å². The molecule has 0 unspecified atom stereocenters. The van der Waals surface area contributed by atoms with E-state index in [1.165, 1.54) is 28.8 Å². The summed E-state index contributed by atoms with van der Waals surface area (Å²) in [5.74, 6) is -0.168. The Morgan fingerprint density at radius 2 is 1.85 bits per heavy atom. The lowest BCUT2D eigenvalue weighted by molar-refractivity contribution is -0.123. The second kappa shape index (κ2) is 11.3. The quantitative estimate of drug-likeness (QED) is 0.339. The molecule has 1 N–H and O–H groups in total. The van der Waals surface area contributed by atoms with Crippen LogP contribution in [0, 0.1) is 12.7 Å². The lowest BCUT2D eigenvalue weighted by Crippen LogP contribution is -2.42. The molecule has 0 saturated heterocycles. The minimum Gasteiger partial charge on any atom is -0.350 e. The molecule has 0 bridgehead atoms. The molecule has 1 atom stereocenters. The Balaban J connectivity index is 1.67. The second-order valence-corrected chi connectivity index (χ2v) is 12.0. The number of rotatable bonds is 6. The van der Waals surface area contributed by atoms with Crippen LogP contribution in [0.1, 0.15) is 54.0 Å². The normalized spacial score (nSPS) is 15.5. The average Bonchev–Trinajstić information content (AvgIpc) is 3.26. The number of halogens is 1. The van der Waals surface area contributed by atoms with Crippen molar-refractivity contribution in [3.63, 3.8) is 0 Å². The van der Waals surface area contributed by atoms with Crippen LogP contribution in [0.4, 0.5) is 10.2 Å². The van der Waals surface area contributed by atoms with Crippen molar-refractivity contribution in [1.82, 2.24) is 20.1 Å². The van der Waals surface area contributed by atoms with Crippen molar-refractivity contribution < 1.29 is 14.0 Å². The fraction of sp³-hybridized carbons (Fsp3) is 0.290. The molecular weight excluding hydrogens is 525 g/mol. The number of pyridine rings is 1. The fourth-order valence-corrected chi connectivity index (χ4v) is 6.06. The van der Waals surface area contributed by atoms with E-state index < -0.39 is 5.41 Å². The van der Waals surface area contributed by atoms with Crippen molar-refractivity contribution in [2.24, 2.45) is 0 Å². The number of hydrogen-bond acceptors (Lipinski definition) is 5. The summed E-state index contributed by atoms with van der Waals surface area (Å²) in [5.41, 5.74) is 4.66. The van der Waals surface area contributed by atoms with Crippen molar-refractivity contribution >= 4 is 29.4 Å². The molecule has 0 aliphatic carbocycles. The Hall–Kier alpha value is -3.98. The molecule has 3 heterocycles. The number of carbonyl (C=O) groups excluding carboxylic acids is 2. The van der Waals surface area contributed by atoms with Gasteiger partial charge in [-0.15, -0.1) is 11.8 Å². The number of aromatic nitrogens is 3. The third-order valence-corrected chi connectivity index (χ3v) is 8.09. The summed E-state index contributed by atoms with van der Waals surface area (Å²) in [6, 6.07) is 18.0. The van der Waals surface area contributed by atoms with Gasteiger partial charge in [-0.3, -0.25) is 19.5 Å². The predicted molar refractivity (Wildman–Crippen MR) is 156 cm³/mol. The lowest BCUT2D eigenvalue weighted by atomic mass is 9.87. The zero-order valence-electron chi connectivity index (χ0n) is 23.0. The zero-order chi connectivity index (χ0) is 28.4. The fourth-order valence-electron chi connectivity index (χ4n) is 4.88. The van der Waals surface area contributed by atoms with E-state index >= 15 is 0 Å². The van der Waals surface area contributed by atoms with Crippen LogP contribution in [-0.2, 0) is 21.5 Å². The van der Waals surface area contributed by atoms with Crippen molar-refractivity contribution in [1.29, 1.82) is 0 Å². The molecule has 9 heteroatoms. The number of nitrogens with zero attached hydrogens (tertiary/aromatic N) is 4. The third kappa shape index (κ3) is 5.65. The molecule has 2 amide bonds. The molecule has 0 spiro atoms. The van der Waals surface area contributed by atoms with Gasteiger partial charge in [-0.2, -0.15) is 5.10 Å². The van der Waals surface area contributed by atoms with Crippen molar-refractivity contribution in [3.05, 3.63) is 107 Å². The molecule has 0 fully saturated rings. The number of benzene rings is 2. The Kier molecular flexibility index (Phi) is 7.76. The average molecular weight is 558 g/mol. The number of anilines is 1. The lowest BCUT2D eigenvalue weighted by Gasteiger charge is -2.25. The van der Waals surface area contributed by atoms with Crippen LogP contribution in [0.15, 0.2) is 73.1 Å². The van der Waals surface area contributed by atoms with Gasteiger partial charge in [0.05, 0.1) is 22.4 Å². The van der Waals surface area contributed by atoms with E-state index in [0.29, 0.717) is 12.4 Å². The van der Waals surface area contributed by atoms with Crippen molar-refractivity contribution in [2.45, 2.75) is 44.9 Å². The molecule has 7 nitrogen and oxygen atoms in total. The van der Waals surface area contributed by atoms with Gasteiger partial charge in [-0.05, 0) is 53.9 Å². The maximum Gasteiger partial charge on any atom is 0.240 e. The van der Waals surface area contributed by atoms with Gasteiger partial charge >= 0.3 is 0 Å². The van der Waals surface area contributed by atoms with E-state index in [0.717, 1.165) is 33.6 Å². The highest BCUT2D eigenvalue weighted by Crippen LogP contribution is 2.48. The number of aryl methyl sites for hydroxylation is 1. The van der Waals surface area contributed by atoms with Gasteiger partial charge in [0.15, 0.2) is 0 Å². The summed E-state index contributed by atoms with van der Waals surface area (Å²) < 4.78 is 16.2. The first kappa shape index (κ1) is 27.6. The molecular formula is C31H32FN5O2S. The van der Waals surface area contributed by atoms with Crippen molar-refractivity contribution in [2.75, 3.05) is 17.2 Å². The van der Waals surface area contributed by atoms with Gasteiger partial charge < -0.3 is 5.32 Å². The number of nitrogens with one attached hydrogen (secondary N) is 1. The monoisotopic (exact) mass is 557 g/mol. The summed E-state index contributed by atoms with van der Waals surface area (Å²) in [6.07, 6.45) is 3.34. The molecule has 0 radical (unpaired) electrons. The minimum absolute atomic E-state index is 0.130. The summed E-state index contributed by atoms with van der Waals surface area (Å²) in [4.78, 5) is 32.6. The summed E-state index contributed by atoms with van der Waals surface area (Å²) in [5, 5.41) is 7.67. The Morgan fingerprint density at radius 3 is 2.55 bits per heavy atom. The van der Waals surface area contributed by atoms with Crippen LogP contribution in [0.2, 0.25) is 0 Å². The first-order valence-electron chi connectivity index (χ1n) is 13.2. The van der Waals surface area contributed by atoms with Crippen LogP contribution in [0.5, 0.6) is 0 Å². The molecule has 2 aromatic heterocycles. The van der Waals surface area contributed by atoms with Gasteiger partial charge in [-0.1, -0.05) is 51.1 Å². The number of hydrogen-bond donors (Lipinski definition) is 1. The number of thioether (sulfide) groups is 1. The van der Waals surface area contributed by atoms with Gasteiger partial charge in [-0.25, -0.2) is 9.07 Å². The highest BCUT2D eigenvalue weighted by molar-refractivity contribution is 8.00. The van der Waals surface area contributed by atoms with Gasteiger partial charge in [0, 0.05) is 29.9 Å². The summed E-state index contributed by atoms with van der Waals surface area (Å²) in [6.45, 7) is 8.36. The molecule has 40 heavy (non-hydrogen) atoms. The molecule has 2 aromatic carbocycles.